The molecule has 0 aliphatic heterocycles. The monoisotopic (exact) mass is 256 g/mol. The number of hydrogen-bond acceptors (Lipinski definition) is 4. The lowest BCUT2D eigenvalue weighted by atomic mass is 9.96. The van der Waals surface area contributed by atoms with Crippen molar-refractivity contribution < 1.29 is 9.47 Å². The number of unbranched alkanes of at least 4 members (excludes halogenated alkanes) is 1. The van der Waals surface area contributed by atoms with E-state index in [4.69, 9.17) is 14.7 Å². The van der Waals surface area contributed by atoms with E-state index in [1.54, 1.807) is 0 Å². The van der Waals surface area contributed by atoms with Crippen LogP contribution in [0.2, 0.25) is 0 Å². The number of rotatable bonds is 12. The Morgan fingerprint density at radius 2 is 1.83 bits per heavy atom. The van der Waals surface area contributed by atoms with E-state index in [0.717, 1.165) is 45.4 Å². The summed E-state index contributed by atoms with van der Waals surface area (Å²) in [7, 11) is 0. The minimum Gasteiger partial charge on any atom is -0.379 e. The lowest BCUT2D eigenvalue weighted by molar-refractivity contribution is 0.0509. The molecule has 1 atom stereocenters. The molecule has 0 aliphatic rings. The van der Waals surface area contributed by atoms with E-state index in [1.807, 2.05) is 13.8 Å². The van der Waals surface area contributed by atoms with Crippen LogP contribution in [0.4, 0.5) is 0 Å². The quantitative estimate of drug-likeness (QED) is 0.545. The Morgan fingerprint density at radius 3 is 2.44 bits per heavy atom. The van der Waals surface area contributed by atoms with Crippen LogP contribution in [-0.2, 0) is 9.47 Å². The summed E-state index contributed by atoms with van der Waals surface area (Å²) in [5.41, 5.74) is -0.388. The van der Waals surface area contributed by atoms with E-state index in [9.17, 15) is 0 Å². The number of nitrogens with one attached hydrogen (secondary N) is 1. The van der Waals surface area contributed by atoms with E-state index in [0.29, 0.717) is 13.2 Å². The molecular weight excluding hydrogens is 228 g/mol. The van der Waals surface area contributed by atoms with Crippen molar-refractivity contribution in [2.75, 3.05) is 33.0 Å². The SMILES string of the molecule is CCCNC(C)(C#N)CCCCOCCOCC. The fourth-order valence-corrected chi connectivity index (χ4v) is 1.63. The molecule has 1 N–H and O–H groups in total. The molecule has 18 heavy (non-hydrogen) atoms. The molecular formula is C14H28N2O2. The van der Waals surface area contributed by atoms with Crippen molar-refractivity contribution in [3.63, 3.8) is 0 Å². The molecule has 106 valence electrons. The second kappa shape index (κ2) is 11.5. The van der Waals surface area contributed by atoms with Gasteiger partial charge in [0.2, 0.25) is 0 Å². The highest BCUT2D eigenvalue weighted by Gasteiger charge is 2.21. The third-order valence-electron chi connectivity index (χ3n) is 2.80. The molecule has 0 aromatic carbocycles. The van der Waals surface area contributed by atoms with E-state index in [1.165, 1.54) is 0 Å². The molecule has 0 heterocycles. The van der Waals surface area contributed by atoms with Crippen molar-refractivity contribution in [3.05, 3.63) is 0 Å². The smallest absolute Gasteiger partial charge is 0.103 e. The van der Waals surface area contributed by atoms with Crippen LogP contribution in [0.5, 0.6) is 0 Å². The van der Waals surface area contributed by atoms with Gasteiger partial charge in [0.1, 0.15) is 5.54 Å². The topological polar surface area (TPSA) is 54.3 Å². The van der Waals surface area contributed by atoms with Crippen molar-refractivity contribution in [2.24, 2.45) is 0 Å². The molecule has 0 fully saturated rings. The van der Waals surface area contributed by atoms with Crippen LogP contribution in [0, 0.1) is 11.3 Å². The van der Waals surface area contributed by atoms with Gasteiger partial charge in [0.25, 0.3) is 0 Å². The summed E-state index contributed by atoms with van der Waals surface area (Å²) in [6, 6.07) is 2.36. The fourth-order valence-electron chi connectivity index (χ4n) is 1.63. The number of nitrogens with zero attached hydrogens (tertiary/aromatic N) is 1. The predicted octanol–water partition coefficient (Wildman–Crippen LogP) is 2.49. The van der Waals surface area contributed by atoms with Gasteiger partial charge in [0, 0.05) is 13.2 Å². The summed E-state index contributed by atoms with van der Waals surface area (Å²) in [5, 5.41) is 12.4. The molecule has 0 aromatic heterocycles. The van der Waals surface area contributed by atoms with Crippen molar-refractivity contribution >= 4 is 0 Å². The third-order valence-corrected chi connectivity index (χ3v) is 2.80. The molecule has 0 saturated carbocycles. The zero-order valence-corrected chi connectivity index (χ0v) is 12.1. The van der Waals surface area contributed by atoms with Crippen LogP contribution in [0.3, 0.4) is 0 Å². The molecule has 0 amide bonds. The average Bonchev–Trinajstić information content (AvgIpc) is 2.39. The Bertz CT molecular complexity index is 228. The van der Waals surface area contributed by atoms with E-state index < -0.39 is 0 Å². The van der Waals surface area contributed by atoms with Gasteiger partial charge in [-0.2, -0.15) is 5.26 Å². The maximum absolute atomic E-state index is 9.15. The van der Waals surface area contributed by atoms with Crippen molar-refractivity contribution in [2.45, 2.75) is 52.0 Å². The Labute approximate surface area is 112 Å². The van der Waals surface area contributed by atoms with Gasteiger partial charge in [0.15, 0.2) is 0 Å². The normalized spacial score (nSPS) is 14.1. The molecule has 0 saturated heterocycles. The van der Waals surface area contributed by atoms with Gasteiger partial charge in [-0.05, 0) is 46.1 Å². The van der Waals surface area contributed by atoms with Crippen LogP contribution in [0.25, 0.3) is 0 Å². The minimum absolute atomic E-state index is 0.388. The molecule has 0 spiro atoms. The van der Waals surface area contributed by atoms with Crippen LogP contribution in [-0.4, -0.2) is 38.5 Å². The van der Waals surface area contributed by atoms with Gasteiger partial charge >= 0.3 is 0 Å². The average molecular weight is 256 g/mol. The summed E-state index contributed by atoms with van der Waals surface area (Å²) in [4.78, 5) is 0. The Hall–Kier alpha value is -0.630. The van der Waals surface area contributed by atoms with Crippen LogP contribution in [0.1, 0.15) is 46.5 Å². The third kappa shape index (κ3) is 9.41. The van der Waals surface area contributed by atoms with Crippen LogP contribution >= 0.6 is 0 Å². The summed E-state index contributed by atoms with van der Waals surface area (Å²) in [5.74, 6) is 0. The van der Waals surface area contributed by atoms with Crippen molar-refractivity contribution in [1.29, 1.82) is 5.26 Å². The fraction of sp³-hybridized carbons (Fsp3) is 0.929. The van der Waals surface area contributed by atoms with Gasteiger partial charge in [0.05, 0.1) is 19.3 Å². The summed E-state index contributed by atoms with van der Waals surface area (Å²) >= 11 is 0. The molecule has 4 heteroatoms. The van der Waals surface area contributed by atoms with Gasteiger partial charge < -0.3 is 9.47 Å². The minimum atomic E-state index is -0.388. The zero-order chi connectivity index (χ0) is 13.7. The van der Waals surface area contributed by atoms with E-state index in [-0.39, 0.29) is 5.54 Å². The highest BCUT2D eigenvalue weighted by Crippen LogP contribution is 2.12. The molecule has 4 nitrogen and oxygen atoms in total. The van der Waals surface area contributed by atoms with Crippen molar-refractivity contribution in [3.8, 4) is 6.07 Å². The Morgan fingerprint density at radius 1 is 1.11 bits per heavy atom. The predicted molar refractivity (Wildman–Crippen MR) is 73.5 cm³/mol. The summed E-state index contributed by atoms with van der Waals surface area (Å²) in [6.07, 6.45) is 3.93. The lowest BCUT2D eigenvalue weighted by Gasteiger charge is -2.22. The maximum Gasteiger partial charge on any atom is 0.103 e. The summed E-state index contributed by atoms with van der Waals surface area (Å²) in [6.45, 7) is 9.79. The van der Waals surface area contributed by atoms with Gasteiger partial charge in [-0.25, -0.2) is 0 Å². The van der Waals surface area contributed by atoms with Crippen LogP contribution < -0.4 is 5.32 Å². The molecule has 0 rings (SSSR count). The first-order valence-corrected chi connectivity index (χ1v) is 7.00. The second-order valence-corrected chi connectivity index (χ2v) is 4.64. The van der Waals surface area contributed by atoms with Crippen LogP contribution in [0.15, 0.2) is 0 Å². The first kappa shape index (κ1) is 17.4. The largest absolute Gasteiger partial charge is 0.379 e. The van der Waals surface area contributed by atoms with Gasteiger partial charge in [-0.15, -0.1) is 0 Å². The number of ether oxygens (including phenoxy) is 2. The van der Waals surface area contributed by atoms with Gasteiger partial charge in [-0.1, -0.05) is 6.92 Å². The van der Waals surface area contributed by atoms with E-state index >= 15 is 0 Å². The summed E-state index contributed by atoms with van der Waals surface area (Å²) < 4.78 is 10.6. The molecule has 0 bridgehead atoms. The van der Waals surface area contributed by atoms with E-state index in [2.05, 4.69) is 18.3 Å². The lowest BCUT2D eigenvalue weighted by Crippen LogP contribution is -2.41. The number of hydrogen-bond donors (Lipinski definition) is 1. The molecule has 0 aromatic rings. The zero-order valence-electron chi connectivity index (χ0n) is 12.1. The molecule has 0 aliphatic carbocycles. The Balaban J connectivity index is 3.48. The standard InChI is InChI=1S/C14H28N2O2/c1-4-9-16-14(3,13-15)8-6-7-10-18-12-11-17-5-2/h16H,4-12H2,1-3H3. The highest BCUT2D eigenvalue weighted by molar-refractivity contribution is 5.03. The Kier molecular flexibility index (Phi) is 11.1. The second-order valence-electron chi connectivity index (χ2n) is 4.64. The van der Waals surface area contributed by atoms with Gasteiger partial charge in [-0.3, -0.25) is 5.32 Å². The molecule has 1 unspecified atom stereocenters. The first-order valence-electron chi connectivity index (χ1n) is 7.00. The number of nitriles is 1. The first-order chi connectivity index (χ1) is 8.68. The maximum atomic E-state index is 9.15. The molecule has 0 radical (unpaired) electrons. The van der Waals surface area contributed by atoms with Crippen molar-refractivity contribution in [1.82, 2.24) is 5.32 Å². The highest BCUT2D eigenvalue weighted by atomic mass is 16.5.